The lowest BCUT2D eigenvalue weighted by atomic mass is 10.0. The number of aromatic nitrogens is 2. The molecule has 1 aromatic heterocycles. The fourth-order valence-electron chi connectivity index (χ4n) is 2.80. The van der Waals surface area contributed by atoms with Gasteiger partial charge in [-0.1, -0.05) is 38.0 Å². The van der Waals surface area contributed by atoms with Gasteiger partial charge in [-0.15, -0.1) is 0 Å². The van der Waals surface area contributed by atoms with E-state index in [-0.39, 0.29) is 0 Å². The first-order chi connectivity index (χ1) is 9.29. The SMILES string of the molecule is CCCNC(CC1CC1)c1nn(C)c2ccccc12. The van der Waals surface area contributed by atoms with E-state index in [0.717, 1.165) is 12.5 Å². The fourth-order valence-corrected chi connectivity index (χ4v) is 2.80. The van der Waals surface area contributed by atoms with Gasteiger partial charge in [0.1, 0.15) is 0 Å². The largest absolute Gasteiger partial charge is 0.309 e. The van der Waals surface area contributed by atoms with E-state index in [1.54, 1.807) is 0 Å². The number of benzene rings is 1. The normalized spacial score (nSPS) is 16.9. The van der Waals surface area contributed by atoms with Crippen molar-refractivity contribution in [2.24, 2.45) is 13.0 Å². The highest BCUT2D eigenvalue weighted by Gasteiger charge is 2.28. The molecule has 0 spiro atoms. The van der Waals surface area contributed by atoms with Gasteiger partial charge < -0.3 is 5.32 Å². The standard InChI is InChI=1S/C16H23N3/c1-3-10-17-14(11-12-8-9-12)16-13-6-4-5-7-15(13)19(2)18-16/h4-7,12,14,17H,3,8-11H2,1-2H3. The van der Waals surface area contributed by atoms with E-state index in [1.165, 1.54) is 42.3 Å². The van der Waals surface area contributed by atoms with Crippen LogP contribution in [-0.2, 0) is 7.05 Å². The van der Waals surface area contributed by atoms with E-state index < -0.39 is 0 Å². The highest BCUT2D eigenvalue weighted by molar-refractivity contribution is 5.82. The molecule has 3 rings (SSSR count). The van der Waals surface area contributed by atoms with Crippen LogP contribution in [0.25, 0.3) is 10.9 Å². The summed E-state index contributed by atoms with van der Waals surface area (Å²) in [6.45, 7) is 3.29. The van der Waals surface area contributed by atoms with Crippen LogP contribution in [0.2, 0.25) is 0 Å². The third kappa shape index (κ3) is 2.66. The van der Waals surface area contributed by atoms with E-state index in [2.05, 4.69) is 36.5 Å². The first kappa shape index (κ1) is 12.7. The van der Waals surface area contributed by atoms with Crippen molar-refractivity contribution in [3.05, 3.63) is 30.0 Å². The second-order valence-corrected chi connectivity index (χ2v) is 5.71. The molecule has 3 nitrogen and oxygen atoms in total. The molecule has 1 aliphatic rings. The Balaban J connectivity index is 1.93. The molecule has 1 aliphatic carbocycles. The Morgan fingerprint density at radius 1 is 1.37 bits per heavy atom. The highest BCUT2D eigenvalue weighted by Crippen LogP contribution is 2.38. The van der Waals surface area contributed by atoms with Crippen LogP contribution in [0.15, 0.2) is 24.3 Å². The van der Waals surface area contributed by atoms with Gasteiger partial charge in [0.25, 0.3) is 0 Å². The van der Waals surface area contributed by atoms with Gasteiger partial charge in [-0.25, -0.2) is 0 Å². The molecule has 1 unspecified atom stereocenters. The van der Waals surface area contributed by atoms with Crippen molar-refractivity contribution in [1.82, 2.24) is 15.1 Å². The predicted molar refractivity (Wildman–Crippen MR) is 79.1 cm³/mol. The maximum absolute atomic E-state index is 4.78. The zero-order valence-corrected chi connectivity index (χ0v) is 11.9. The molecule has 0 aliphatic heterocycles. The Hall–Kier alpha value is -1.35. The molecule has 1 fully saturated rings. The van der Waals surface area contributed by atoms with E-state index in [9.17, 15) is 0 Å². The molecule has 3 heteroatoms. The zero-order chi connectivity index (χ0) is 13.2. The fraction of sp³-hybridized carbons (Fsp3) is 0.562. The summed E-state index contributed by atoms with van der Waals surface area (Å²) in [5.41, 5.74) is 2.47. The van der Waals surface area contributed by atoms with Crippen LogP contribution in [0.1, 0.15) is 44.3 Å². The summed E-state index contributed by atoms with van der Waals surface area (Å²) < 4.78 is 2.01. The molecule has 1 N–H and O–H groups in total. The predicted octanol–water partition coefficient (Wildman–Crippen LogP) is 3.41. The van der Waals surface area contributed by atoms with Crippen molar-refractivity contribution in [1.29, 1.82) is 0 Å². The molecule has 2 aromatic rings. The summed E-state index contributed by atoms with van der Waals surface area (Å²) in [4.78, 5) is 0. The van der Waals surface area contributed by atoms with Crippen molar-refractivity contribution in [2.45, 2.75) is 38.6 Å². The third-order valence-corrected chi connectivity index (χ3v) is 4.02. The van der Waals surface area contributed by atoms with Crippen molar-refractivity contribution in [3.63, 3.8) is 0 Å². The quantitative estimate of drug-likeness (QED) is 0.859. The Labute approximate surface area is 115 Å². The van der Waals surface area contributed by atoms with Crippen LogP contribution >= 0.6 is 0 Å². The van der Waals surface area contributed by atoms with Gasteiger partial charge in [-0.3, -0.25) is 4.68 Å². The van der Waals surface area contributed by atoms with Gasteiger partial charge in [0.15, 0.2) is 0 Å². The molecule has 19 heavy (non-hydrogen) atoms. The van der Waals surface area contributed by atoms with Gasteiger partial charge in [0.2, 0.25) is 0 Å². The number of hydrogen-bond donors (Lipinski definition) is 1. The first-order valence-corrected chi connectivity index (χ1v) is 7.44. The van der Waals surface area contributed by atoms with Crippen LogP contribution in [0.4, 0.5) is 0 Å². The molecule has 0 radical (unpaired) electrons. The lowest BCUT2D eigenvalue weighted by Gasteiger charge is -2.16. The maximum atomic E-state index is 4.78. The minimum absolute atomic E-state index is 0.415. The molecular formula is C16H23N3. The summed E-state index contributed by atoms with van der Waals surface area (Å²) in [7, 11) is 2.04. The average molecular weight is 257 g/mol. The Morgan fingerprint density at radius 3 is 2.89 bits per heavy atom. The molecule has 102 valence electrons. The number of fused-ring (bicyclic) bond motifs is 1. The lowest BCUT2D eigenvalue weighted by molar-refractivity contribution is 0.462. The Bertz CT molecular complexity index is 554. The summed E-state index contributed by atoms with van der Waals surface area (Å²) >= 11 is 0. The lowest BCUT2D eigenvalue weighted by Crippen LogP contribution is -2.23. The smallest absolute Gasteiger partial charge is 0.0872 e. The zero-order valence-electron chi connectivity index (χ0n) is 11.9. The van der Waals surface area contributed by atoms with Crippen molar-refractivity contribution in [3.8, 4) is 0 Å². The van der Waals surface area contributed by atoms with Crippen molar-refractivity contribution >= 4 is 10.9 Å². The monoisotopic (exact) mass is 257 g/mol. The second kappa shape index (κ2) is 5.33. The molecule has 0 saturated heterocycles. The topological polar surface area (TPSA) is 29.9 Å². The minimum atomic E-state index is 0.415. The molecule has 1 heterocycles. The third-order valence-electron chi connectivity index (χ3n) is 4.02. The molecule has 0 amide bonds. The average Bonchev–Trinajstić information content (AvgIpc) is 3.19. The second-order valence-electron chi connectivity index (χ2n) is 5.71. The molecule has 0 bridgehead atoms. The number of nitrogens with one attached hydrogen (secondary N) is 1. The Morgan fingerprint density at radius 2 is 2.16 bits per heavy atom. The van der Waals surface area contributed by atoms with Gasteiger partial charge in [0.05, 0.1) is 17.3 Å². The van der Waals surface area contributed by atoms with Crippen LogP contribution in [-0.4, -0.2) is 16.3 Å². The number of para-hydroxylation sites is 1. The van der Waals surface area contributed by atoms with Gasteiger partial charge >= 0.3 is 0 Å². The molecule has 1 atom stereocenters. The van der Waals surface area contributed by atoms with Crippen LogP contribution in [0.3, 0.4) is 0 Å². The molecule has 1 saturated carbocycles. The summed E-state index contributed by atoms with van der Waals surface area (Å²) in [6.07, 6.45) is 5.21. The van der Waals surface area contributed by atoms with Gasteiger partial charge in [0, 0.05) is 12.4 Å². The Kier molecular flexibility index (Phi) is 3.56. The number of aryl methyl sites for hydroxylation is 1. The van der Waals surface area contributed by atoms with Gasteiger partial charge in [-0.05, 0) is 31.4 Å². The van der Waals surface area contributed by atoms with E-state index >= 15 is 0 Å². The van der Waals surface area contributed by atoms with Gasteiger partial charge in [-0.2, -0.15) is 5.10 Å². The summed E-state index contributed by atoms with van der Waals surface area (Å²) in [5, 5.41) is 9.77. The number of hydrogen-bond acceptors (Lipinski definition) is 2. The number of rotatable bonds is 6. The highest BCUT2D eigenvalue weighted by atomic mass is 15.3. The van der Waals surface area contributed by atoms with Crippen LogP contribution in [0, 0.1) is 5.92 Å². The van der Waals surface area contributed by atoms with Crippen LogP contribution in [0.5, 0.6) is 0 Å². The van der Waals surface area contributed by atoms with E-state index in [1.807, 2.05) is 11.7 Å². The van der Waals surface area contributed by atoms with E-state index in [0.29, 0.717) is 6.04 Å². The van der Waals surface area contributed by atoms with Crippen LogP contribution < -0.4 is 5.32 Å². The van der Waals surface area contributed by atoms with Crippen molar-refractivity contribution < 1.29 is 0 Å². The maximum Gasteiger partial charge on any atom is 0.0872 e. The minimum Gasteiger partial charge on any atom is -0.309 e. The first-order valence-electron chi connectivity index (χ1n) is 7.44. The molecule has 1 aromatic carbocycles. The van der Waals surface area contributed by atoms with E-state index in [4.69, 9.17) is 5.10 Å². The van der Waals surface area contributed by atoms with Crippen molar-refractivity contribution in [2.75, 3.05) is 6.54 Å². The summed E-state index contributed by atoms with van der Waals surface area (Å²) in [5.74, 6) is 0.912. The summed E-state index contributed by atoms with van der Waals surface area (Å²) in [6, 6.07) is 8.97. The number of nitrogens with zero attached hydrogens (tertiary/aromatic N) is 2. The molecular weight excluding hydrogens is 234 g/mol.